The van der Waals surface area contributed by atoms with Crippen LogP contribution in [-0.4, -0.2) is 10.9 Å². The Hall–Kier alpha value is -1.95. The Morgan fingerprint density at radius 1 is 1.24 bits per heavy atom. The van der Waals surface area contributed by atoms with Crippen LogP contribution in [0.25, 0.3) is 0 Å². The molecular weight excluding hydrogens is 344 g/mol. The quantitative estimate of drug-likeness (QED) is 0.498. The molecule has 0 saturated heterocycles. The molecular formula is C15H12BrF2NO2. The fourth-order valence-corrected chi connectivity index (χ4v) is 2.09. The van der Waals surface area contributed by atoms with E-state index in [0.29, 0.717) is 21.3 Å². The van der Waals surface area contributed by atoms with Gasteiger partial charge in [0, 0.05) is 15.6 Å². The minimum atomic E-state index is -0.477. The van der Waals surface area contributed by atoms with E-state index in [-0.39, 0.29) is 12.3 Å². The molecule has 0 aliphatic rings. The molecule has 2 rings (SSSR count). The molecule has 3 nitrogen and oxygen atoms in total. The van der Waals surface area contributed by atoms with E-state index in [9.17, 15) is 8.78 Å². The fourth-order valence-electron chi connectivity index (χ4n) is 1.76. The lowest BCUT2D eigenvalue weighted by Gasteiger charge is -2.11. The van der Waals surface area contributed by atoms with E-state index >= 15 is 0 Å². The standard InChI is InChI=1S/C15H12BrF2NO2/c1-9(19-20)13-7-12(17)4-5-15(13)21-8-10-2-3-11(16)6-14(10)18/h2-7,20H,8H2,1H3/b19-9-. The predicted octanol–water partition coefficient (Wildman–Crippen LogP) is 4.50. The highest BCUT2D eigenvalue weighted by atomic mass is 79.9. The summed E-state index contributed by atoms with van der Waals surface area (Å²) in [5.41, 5.74) is 0.892. The van der Waals surface area contributed by atoms with Crippen LogP contribution >= 0.6 is 15.9 Å². The van der Waals surface area contributed by atoms with Gasteiger partial charge in [-0.05, 0) is 37.3 Å². The molecule has 110 valence electrons. The van der Waals surface area contributed by atoms with Gasteiger partial charge in [0.1, 0.15) is 24.0 Å². The van der Waals surface area contributed by atoms with Gasteiger partial charge in [-0.2, -0.15) is 0 Å². The van der Waals surface area contributed by atoms with Crippen molar-refractivity contribution in [2.75, 3.05) is 0 Å². The van der Waals surface area contributed by atoms with Crippen LogP contribution in [0.5, 0.6) is 5.75 Å². The zero-order valence-corrected chi connectivity index (χ0v) is 12.7. The monoisotopic (exact) mass is 355 g/mol. The Morgan fingerprint density at radius 2 is 2.00 bits per heavy atom. The van der Waals surface area contributed by atoms with Crippen molar-refractivity contribution >= 4 is 21.6 Å². The summed E-state index contributed by atoms with van der Waals surface area (Å²) in [4.78, 5) is 0. The Balaban J connectivity index is 2.24. The van der Waals surface area contributed by atoms with Gasteiger partial charge in [-0.3, -0.25) is 0 Å². The highest BCUT2D eigenvalue weighted by Gasteiger charge is 2.11. The normalized spacial score (nSPS) is 11.5. The van der Waals surface area contributed by atoms with Gasteiger partial charge >= 0.3 is 0 Å². The second-order valence-electron chi connectivity index (χ2n) is 4.35. The van der Waals surface area contributed by atoms with Crippen LogP contribution in [-0.2, 0) is 6.61 Å². The first-order valence-electron chi connectivity index (χ1n) is 6.06. The minimum Gasteiger partial charge on any atom is -0.488 e. The minimum absolute atomic E-state index is 0.0174. The second kappa shape index (κ2) is 6.67. The summed E-state index contributed by atoms with van der Waals surface area (Å²) in [5.74, 6) is -0.565. The zero-order valence-electron chi connectivity index (χ0n) is 11.1. The number of ether oxygens (including phenoxy) is 1. The molecule has 0 aliphatic heterocycles. The average molecular weight is 356 g/mol. The lowest BCUT2D eigenvalue weighted by Crippen LogP contribution is -2.04. The molecule has 0 aromatic heterocycles. The van der Waals surface area contributed by atoms with Crippen LogP contribution in [0, 0.1) is 11.6 Å². The lowest BCUT2D eigenvalue weighted by atomic mass is 10.1. The molecule has 0 atom stereocenters. The summed E-state index contributed by atoms with van der Waals surface area (Å²) >= 11 is 3.17. The summed E-state index contributed by atoms with van der Waals surface area (Å²) in [6, 6.07) is 8.47. The maximum atomic E-state index is 13.7. The first-order chi connectivity index (χ1) is 10.0. The van der Waals surface area contributed by atoms with Crippen LogP contribution in [0.4, 0.5) is 8.78 Å². The molecule has 0 heterocycles. The van der Waals surface area contributed by atoms with Gasteiger partial charge in [-0.15, -0.1) is 0 Å². The van der Waals surface area contributed by atoms with Crippen LogP contribution in [0.1, 0.15) is 18.1 Å². The van der Waals surface area contributed by atoms with Crippen molar-refractivity contribution in [2.45, 2.75) is 13.5 Å². The van der Waals surface area contributed by atoms with E-state index in [0.717, 1.165) is 0 Å². The number of benzene rings is 2. The maximum absolute atomic E-state index is 13.7. The Labute approximate surface area is 129 Å². The number of halogens is 3. The lowest BCUT2D eigenvalue weighted by molar-refractivity contribution is 0.297. The van der Waals surface area contributed by atoms with Gasteiger partial charge in [0.25, 0.3) is 0 Å². The molecule has 0 spiro atoms. The summed E-state index contributed by atoms with van der Waals surface area (Å²) in [7, 11) is 0. The first kappa shape index (κ1) is 15.4. The summed E-state index contributed by atoms with van der Waals surface area (Å²) in [6.07, 6.45) is 0. The molecule has 21 heavy (non-hydrogen) atoms. The summed E-state index contributed by atoms with van der Waals surface area (Å²) < 4.78 is 33.1. The molecule has 0 bridgehead atoms. The van der Waals surface area contributed by atoms with Crippen LogP contribution in [0.15, 0.2) is 46.0 Å². The average Bonchev–Trinajstić information content (AvgIpc) is 2.46. The molecule has 0 aliphatic carbocycles. The third-order valence-corrected chi connectivity index (χ3v) is 3.37. The van der Waals surface area contributed by atoms with Gasteiger partial charge in [-0.1, -0.05) is 27.2 Å². The number of hydrogen-bond acceptors (Lipinski definition) is 3. The Bertz CT molecular complexity index is 689. The summed E-state index contributed by atoms with van der Waals surface area (Å²) in [5, 5.41) is 11.8. The molecule has 0 fully saturated rings. The number of rotatable bonds is 4. The van der Waals surface area contributed by atoms with Gasteiger partial charge in [-0.25, -0.2) is 8.78 Å². The number of oxime groups is 1. The van der Waals surface area contributed by atoms with E-state index in [4.69, 9.17) is 9.94 Å². The van der Waals surface area contributed by atoms with Gasteiger partial charge in [0.15, 0.2) is 0 Å². The van der Waals surface area contributed by atoms with Crippen molar-refractivity contribution in [3.8, 4) is 5.75 Å². The zero-order chi connectivity index (χ0) is 15.4. The van der Waals surface area contributed by atoms with Crippen molar-refractivity contribution in [2.24, 2.45) is 5.16 Å². The molecule has 2 aromatic rings. The van der Waals surface area contributed by atoms with Crippen LogP contribution < -0.4 is 4.74 Å². The van der Waals surface area contributed by atoms with Gasteiger partial charge < -0.3 is 9.94 Å². The number of nitrogens with zero attached hydrogens (tertiary/aromatic N) is 1. The highest BCUT2D eigenvalue weighted by molar-refractivity contribution is 9.10. The first-order valence-corrected chi connectivity index (χ1v) is 6.86. The second-order valence-corrected chi connectivity index (χ2v) is 5.27. The van der Waals surface area contributed by atoms with E-state index in [1.54, 1.807) is 12.1 Å². The van der Waals surface area contributed by atoms with E-state index in [1.165, 1.54) is 31.2 Å². The van der Waals surface area contributed by atoms with E-state index in [1.807, 2.05) is 0 Å². The fraction of sp³-hybridized carbons (Fsp3) is 0.133. The molecule has 6 heteroatoms. The van der Waals surface area contributed by atoms with Crippen LogP contribution in [0.2, 0.25) is 0 Å². The Kier molecular flexibility index (Phi) is 4.90. The molecule has 0 unspecified atom stereocenters. The Morgan fingerprint density at radius 3 is 2.67 bits per heavy atom. The SMILES string of the molecule is C/C(=N/O)c1cc(F)ccc1OCc1ccc(Br)cc1F. The van der Waals surface area contributed by atoms with Crippen molar-refractivity contribution < 1.29 is 18.7 Å². The smallest absolute Gasteiger partial charge is 0.130 e. The van der Waals surface area contributed by atoms with Gasteiger partial charge in [0.2, 0.25) is 0 Å². The molecule has 2 aromatic carbocycles. The molecule has 1 N–H and O–H groups in total. The molecule has 0 saturated carbocycles. The van der Waals surface area contributed by atoms with Crippen molar-refractivity contribution in [1.82, 2.24) is 0 Å². The summed E-state index contributed by atoms with van der Waals surface area (Å²) in [6.45, 7) is 1.50. The highest BCUT2D eigenvalue weighted by Crippen LogP contribution is 2.23. The van der Waals surface area contributed by atoms with Gasteiger partial charge in [0.05, 0.1) is 5.71 Å². The maximum Gasteiger partial charge on any atom is 0.130 e. The molecule has 0 radical (unpaired) electrons. The van der Waals surface area contributed by atoms with Crippen molar-refractivity contribution in [3.05, 3.63) is 63.6 Å². The van der Waals surface area contributed by atoms with E-state index in [2.05, 4.69) is 21.1 Å². The van der Waals surface area contributed by atoms with Crippen molar-refractivity contribution in [3.63, 3.8) is 0 Å². The predicted molar refractivity (Wildman–Crippen MR) is 78.8 cm³/mol. The van der Waals surface area contributed by atoms with E-state index < -0.39 is 11.6 Å². The van der Waals surface area contributed by atoms with Crippen molar-refractivity contribution in [1.29, 1.82) is 0 Å². The number of hydrogen-bond donors (Lipinski definition) is 1. The third kappa shape index (κ3) is 3.78. The third-order valence-electron chi connectivity index (χ3n) is 2.88. The topological polar surface area (TPSA) is 41.8 Å². The molecule has 0 amide bonds. The van der Waals surface area contributed by atoms with Crippen LogP contribution in [0.3, 0.4) is 0 Å². The largest absolute Gasteiger partial charge is 0.488 e.